The van der Waals surface area contributed by atoms with E-state index in [0.29, 0.717) is 6.42 Å². The number of carbonyl (C=O) groups excluding carboxylic acids is 1. The number of carbonyl (C=O) groups is 1. The molecule has 0 aromatic heterocycles. The van der Waals surface area contributed by atoms with Crippen molar-refractivity contribution >= 4 is 29.1 Å². The van der Waals surface area contributed by atoms with Crippen molar-refractivity contribution in [3.05, 3.63) is 65.2 Å². The molecule has 0 saturated heterocycles. The Balaban J connectivity index is 1.74. The normalized spacial score (nSPS) is 10.4. The molecule has 98 valence electrons. The van der Waals surface area contributed by atoms with Crippen LogP contribution in [0.25, 0.3) is 0 Å². The SMILES string of the molecule is O=C(CCCSc1cccc(Cl)c1)c1ccccc1. The zero-order valence-electron chi connectivity index (χ0n) is 10.5. The summed E-state index contributed by atoms with van der Waals surface area (Å²) in [5.41, 5.74) is 0.801. The third-order valence-corrected chi connectivity index (χ3v) is 4.02. The van der Waals surface area contributed by atoms with E-state index in [0.717, 1.165) is 27.7 Å². The number of rotatable bonds is 6. The van der Waals surface area contributed by atoms with Crippen LogP contribution in [-0.2, 0) is 0 Å². The van der Waals surface area contributed by atoms with Gasteiger partial charge in [-0.3, -0.25) is 4.79 Å². The maximum atomic E-state index is 11.9. The van der Waals surface area contributed by atoms with Crippen LogP contribution >= 0.6 is 23.4 Å². The van der Waals surface area contributed by atoms with Crippen molar-refractivity contribution in [2.75, 3.05) is 5.75 Å². The van der Waals surface area contributed by atoms with Gasteiger partial charge >= 0.3 is 0 Å². The minimum atomic E-state index is 0.215. The van der Waals surface area contributed by atoms with Gasteiger partial charge in [0.1, 0.15) is 0 Å². The van der Waals surface area contributed by atoms with E-state index in [9.17, 15) is 4.79 Å². The second kappa shape index (κ2) is 7.37. The third kappa shape index (κ3) is 4.73. The summed E-state index contributed by atoms with van der Waals surface area (Å²) in [4.78, 5) is 13.0. The van der Waals surface area contributed by atoms with Crippen LogP contribution in [0.5, 0.6) is 0 Å². The van der Waals surface area contributed by atoms with Crippen LogP contribution in [0.1, 0.15) is 23.2 Å². The van der Waals surface area contributed by atoms with Crippen LogP contribution in [0.2, 0.25) is 5.02 Å². The standard InChI is InChI=1S/C16H15ClOS/c17-14-8-4-9-15(12-14)19-11-5-10-16(18)13-6-2-1-3-7-13/h1-4,6-9,12H,5,10-11H2. The van der Waals surface area contributed by atoms with Crippen molar-refractivity contribution in [3.63, 3.8) is 0 Å². The molecule has 0 unspecified atom stereocenters. The Morgan fingerprint density at radius 3 is 2.58 bits per heavy atom. The fraction of sp³-hybridized carbons (Fsp3) is 0.188. The monoisotopic (exact) mass is 290 g/mol. The van der Waals surface area contributed by atoms with Gasteiger partial charge in [-0.15, -0.1) is 11.8 Å². The highest BCUT2D eigenvalue weighted by Gasteiger charge is 2.04. The van der Waals surface area contributed by atoms with Crippen LogP contribution in [0.15, 0.2) is 59.5 Å². The quantitative estimate of drug-likeness (QED) is 0.418. The molecule has 0 amide bonds. The molecule has 0 radical (unpaired) electrons. The second-order valence-corrected chi connectivity index (χ2v) is 5.80. The van der Waals surface area contributed by atoms with Gasteiger partial charge in [0, 0.05) is 21.9 Å². The summed E-state index contributed by atoms with van der Waals surface area (Å²) in [6.07, 6.45) is 1.47. The maximum absolute atomic E-state index is 11.9. The minimum absolute atomic E-state index is 0.215. The predicted molar refractivity (Wildman–Crippen MR) is 82.2 cm³/mol. The fourth-order valence-electron chi connectivity index (χ4n) is 1.75. The Hall–Kier alpha value is -1.25. The van der Waals surface area contributed by atoms with Gasteiger partial charge in [-0.05, 0) is 30.4 Å². The average Bonchev–Trinajstić information content (AvgIpc) is 2.44. The molecule has 3 heteroatoms. The summed E-state index contributed by atoms with van der Waals surface area (Å²) in [5.74, 6) is 1.14. The zero-order valence-corrected chi connectivity index (χ0v) is 12.1. The van der Waals surface area contributed by atoms with E-state index in [-0.39, 0.29) is 5.78 Å². The second-order valence-electron chi connectivity index (χ2n) is 4.20. The van der Waals surface area contributed by atoms with Crippen molar-refractivity contribution in [2.24, 2.45) is 0 Å². The Bertz CT molecular complexity index is 539. The lowest BCUT2D eigenvalue weighted by atomic mass is 10.1. The molecule has 0 saturated carbocycles. The summed E-state index contributed by atoms with van der Waals surface area (Å²) in [7, 11) is 0. The first kappa shape index (κ1) is 14.2. The Labute approximate surface area is 123 Å². The Morgan fingerprint density at radius 2 is 1.84 bits per heavy atom. The topological polar surface area (TPSA) is 17.1 Å². The van der Waals surface area contributed by atoms with E-state index in [1.807, 2.05) is 54.6 Å². The van der Waals surface area contributed by atoms with E-state index in [1.165, 1.54) is 0 Å². The molecule has 19 heavy (non-hydrogen) atoms. The summed E-state index contributed by atoms with van der Waals surface area (Å²) in [5, 5.41) is 0.755. The highest BCUT2D eigenvalue weighted by atomic mass is 35.5. The molecular formula is C16H15ClOS. The van der Waals surface area contributed by atoms with Crippen LogP contribution in [-0.4, -0.2) is 11.5 Å². The van der Waals surface area contributed by atoms with Crippen LogP contribution in [0, 0.1) is 0 Å². The van der Waals surface area contributed by atoms with Crippen LogP contribution in [0.4, 0.5) is 0 Å². The van der Waals surface area contributed by atoms with Gasteiger partial charge in [0.25, 0.3) is 0 Å². The van der Waals surface area contributed by atoms with Gasteiger partial charge in [-0.2, -0.15) is 0 Å². The van der Waals surface area contributed by atoms with Gasteiger partial charge in [0.2, 0.25) is 0 Å². The first-order valence-electron chi connectivity index (χ1n) is 6.22. The smallest absolute Gasteiger partial charge is 0.162 e. The molecule has 0 heterocycles. The fourth-order valence-corrected chi connectivity index (χ4v) is 2.91. The first-order valence-corrected chi connectivity index (χ1v) is 7.59. The average molecular weight is 291 g/mol. The Kier molecular flexibility index (Phi) is 5.49. The van der Waals surface area contributed by atoms with Gasteiger partial charge in [0.15, 0.2) is 5.78 Å². The van der Waals surface area contributed by atoms with Gasteiger partial charge in [-0.25, -0.2) is 0 Å². The molecule has 0 N–H and O–H groups in total. The molecule has 0 bridgehead atoms. The van der Waals surface area contributed by atoms with Gasteiger partial charge < -0.3 is 0 Å². The lowest BCUT2D eigenvalue weighted by Crippen LogP contribution is -1.99. The third-order valence-electron chi connectivity index (χ3n) is 2.71. The molecule has 2 aromatic rings. The van der Waals surface area contributed by atoms with Gasteiger partial charge in [-0.1, -0.05) is 48.0 Å². The van der Waals surface area contributed by atoms with Crippen molar-refractivity contribution in [3.8, 4) is 0 Å². The van der Waals surface area contributed by atoms with E-state index < -0.39 is 0 Å². The van der Waals surface area contributed by atoms with Crippen LogP contribution in [0.3, 0.4) is 0 Å². The number of halogens is 1. The predicted octanol–water partition coefficient (Wildman–Crippen LogP) is 5.10. The highest BCUT2D eigenvalue weighted by molar-refractivity contribution is 7.99. The number of Topliss-reactive ketones (excluding diaryl/α,β-unsaturated/α-hetero) is 1. The van der Waals surface area contributed by atoms with E-state index in [4.69, 9.17) is 11.6 Å². The molecule has 0 aliphatic carbocycles. The number of ketones is 1. The number of hydrogen-bond acceptors (Lipinski definition) is 2. The summed E-state index contributed by atoms with van der Waals surface area (Å²) < 4.78 is 0. The van der Waals surface area contributed by atoms with E-state index in [2.05, 4.69) is 0 Å². The summed E-state index contributed by atoms with van der Waals surface area (Å²) in [6.45, 7) is 0. The molecular weight excluding hydrogens is 276 g/mol. The largest absolute Gasteiger partial charge is 0.294 e. The van der Waals surface area contributed by atoms with Crippen molar-refractivity contribution in [1.29, 1.82) is 0 Å². The zero-order chi connectivity index (χ0) is 13.5. The number of hydrogen-bond donors (Lipinski definition) is 0. The molecule has 0 spiro atoms. The highest BCUT2D eigenvalue weighted by Crippen LogP contribution is 2.22. The molecule has 0 aliphatic heterocycles. The van der Waals surface area contributed by atoms with Crippen LogP contribution < -0.4 is 0 Å². The number of thioether (sulfide) groups is 1. The molecule has 0 fully saturated rings. The molecule has 0 atom stereocenters. The molecule has 2 rings (SSSR count). The van der Waals surface area contributed by atoms with Crippen molar-refractivity contribution < 1.29 is 4.79 Å². The lowest BCUT2D eigenvalue weighted by molar-refractivity contribution is 0.0982. The van der Waals surface area contributed by atoms with Gasteiger partial charge in [0.05, 0.1) is 0 Å². The first-order chi connectivity index (χ1) is 9.25. The molecule has 2 aromatic carbocycles. The minimum Gasteiger partial charge on any atom is -0.294 e. The molecule has 0 aliphatic rings. The molecule has 1 nitrogen and oxygen atoms in total. The Morgan fingerprint density at radius 1 is 1.05 bits per heavy atom. The lowest BCUT2D eigenvalue weighted by Gasteiger charge is -2.02. The van der Waals surface area contributed by atoms with Crippen molar-refractivity contribution in [2.45, 2.75) is 17.7 Å². The number of benzene rings is 2. The summed E-state index contributed by atoms with van der Waals surface area (Å²) >= 11 is 7.66. The van der Waals surface area contributed by atoms with E-state index >= 15 is 0 Å². The van der Waals surface area contributed by atoms with E-state index in [1.54, 1.807) is 11.8 Å². The summed E-state index contributed by atoms with van der Waals surface area (Å²) in [6, 6.07) is 17.2. The maximum Gasteiger partial charge on any atom is 0.162 e. The van der Waals surface area contributed by atoms with Crippen molar-refractivity contribution in [1.82, 2.24) is 0 Å².